The summed E-state index contributed by atoms with van der Waals surface area (Å²) >= 11 is 3.14. The van der Waals surface area contributed by atoms with Gasteiger partial charge >= 0.3 is 7.12 Å². The maximum absolute atomic E-state index is 13.3. The predicted molar refractivity (Wildman–Crippen MR) is 127 cm³/mol. The molecule has 2 heterocycles. The third-order valence-electron chi connectivity index (χ3n) is 4.73. The van der Waals surface area contributed by atoms with Crippen LogP contribution in [0.4, 0.5) is 15.9 Å². The zero-order valence-electron chi connectivity index (χ0n) is 17.7. The lowest BCUT2D eigenvalue weighted by molar-refractivity contribution is 0.0955. The number of anilines is 2. The number of amides is 1. The molecule has 1 aliphatic heterocycles. The summed E-state index contributed by atoms with van der Waals surface area (Å²) in [6, 6.07) is 9.75. The molecule has 3 aromatic rings. The molecule has 7 N–H and O–H groups in total. The minimum atomic E-state index is -1.19. The number of rotatable bonds is 8. The molecule has 0 unspecified atom stereocenters. The number of halogens is 2. The van der Waals surface area contributed by atoms with E-state index in [0.29, 0.717) is 52.3 Å². The molecule has 0 saturated heterocycles. The Labute approximate surface area is 202 Å². The number of hydrogen-bond donors (Lipinski definition) is 6. The SMILES string of the molecule is NO.O=C(NCCNc1nonc1CNc1ccc(F)c(Br)c1)c1cccc2c1B(O)OC=C2. The molecule has 2 aromatic carbocycles. The Bertz CT molecular complexity index is 1160. The molecule has 1 aliphatic rings. The molecule has 0 fully saturated rings. The second-order valence-corrected chi connectivity index (χ2v) is 7.68. The van der Waals surface area contributed by atoms with Crippen molar-refractivity contribution in [3.05, 3.63) is 69.8 Å². The quantitative estimate of drug-likeness (QED) is 0.141. The van der Waals surface area contributed by atoms with Gasteiger partial charge in [-0.3, -0.25) is 4.79 Å². The number of carbonyl (C=O) groups excluding carboxylic acids is 1. The minimum absolute atomic E-state index is 0.292. The van der Waals surface area contributed by atoms with Crippen molar-refractivity contribution >= 4 is 52.0 Å². The Balaban J connectivity index is 0.00000158. The van der Waals surface area contributed by atoms with Crippen LogP contribution < -0.4 is 27.3 Å². The van der Waals surface area contributed by atoms with Gasteiger partial charge in [0.2, 0.25) is 0 Å². The molecule has 0 aliphatic carbocycles. The number of benzene rings is 2. The number of carbonyl (C=O) groups is 1. The Morgan fingerprint density at radius 3 is 2.79 bits per heavy atom. The van der Waals surface area contributed by atoms with Gasteiger partial charge in [-0.15, -0.1) is 0 Å². The van der Waals surface area contributed by atoms with Gasteiger partial charge in [0.1, 0.15) is 11.5 Å². The first-order chi connectivity index (χ1) is 16.5. The van der Waals surface area contributed by atoms with E-state index in [-0.39, 0.29) is 11.7 Å². The average molecular weight is 535 g/mol. The van der Waals surface area contributed by atoms with Crippen LogP contribution in [-0.2, 0) is 11.2 Å². The van der Waals surface area contributed by atoms with E-state index in [1.807, 2.05) is 0 Å². The standard InChI is InChI=1S/C20H18BBrFN5O4.H3NO/c22-15-10-13(4-5-16(15)23)26-11-17-19(28-32-27-17)24-7-8-25-20(29)14-3-1-2-12-6-9-31-21(30)18(12)14;1-2/h1-6,9-10,26,30H,7-8,11H2,(H,24,28)(H,25,29);2H,1H2. The summed E-state index contributed by atoms with van der Waals surface area (Å²) in [4.78, 5) is 12.6. The Morgan fingerprint density at radius 2 is 2.00 bits per heavy atom. The number of hydrogen-bond acceptors (Lipinski definition) is 10. The van der Waals surface area contributed by atoms with Crippen LogP contribution in [0.1, 0.15) is 21.6 Å². The van der Waals surface area contributed by atoms with Crippen LogP contribution >= 0.6 is 15.9 Å². The van der Waals surface area contributed by atoms with Crippen molar-refractivity contribution in [2.24, 2.45) is 5.90 Å². The van der Waals surface area contributed by atoms with Crippen molar-refractivity contribution in [2.75, 3.05) is 23.7 Å². The van der Waals surface area contributed by atoms with E-state index in [2.05, 4.69) is 48.1 Å². The molecule has 1 amide bonds. The highest BCUT2D eigenvalue weighted by Crippen LogP contribution is 2.21. The smallest absolute Gasteiger partial charge is 0.538 e. The third kappa shape index (κ3) is 6.11. The Kier molecular flexibility index (Phi) is 8.98. The maximum Gasteiger partial charge on any atom is 0.561 e. The van der Waals surface area contributed by atoms with Crippen LogP contribution in [-0.4, -0.2) is 46.7 Å². The topological polar surface area (TPSA) is 168 Å². The number of nitrogens with two attached hydrogens (primary N) is 1. The summed E-state index contributed by atoms with van der Waals surface area (Å²) in [6.45, 7) is 0.959. The first kappa shape index (κ1) is 25.2. The van der Waals surface area contributed by atoms with Crippen molar-refractivity contribution < 1.29 is 28.7 Å². The molecule has 0 radical (unpaired) electrons. The van der Waals surface area contributed by atoms with E-state index in [1.165, 1.54) is 12.3 Å². The molecule has 1 aromatic heterocycles. The fraction of sp³-hybridized carbons (Fsp3) is 0.150. The third-order valence-corrected chi connectivity index (χ3v) is 5.33. The van der Waals surface area contributed by atoms with Crippen LogP contribution in [0.2, 0.25) is 0 Å². The number of nitrogens with one attached hydrogen (secondary N) is 3. The van der Waals surface area contributed by atoms with Gasteiger partial charge in [-0.2, -0.15) is 0 Å². The normalized spacial score (nSPS) is 11.6. The van der Waals surface area contributed by atoms with Gasteiger partial charge in [-0.05, 0) is 57.0 Å². The van der Waals surface area contributed by atoms with Crippen molar-refractivity contribution in [3.63, 3.8) is 0 Å². The lowest BCUT2D eigenvalue weighted by atomic mass is 9.72. The maximum atomic E-state index is 13.3. The summed E-state index contributed by atoms with van der Waals surface area (Å²) in [6.07, 6.45) is 3.09. The first-order valence-corrected chi connectivity index (χ1v) is 10.7. The highest BCUT2D eigenvalue weighted by molar-refractivity contribution is 9.10. The van der Waals surface area contributed by atoms with Gasteiger partial charge in [-0.1, -0.05) is 17.3 Å². The Morgan fingerprint density at radius 1 is 1.18 bits per heavy atom. The van der Waals surface area contributed by atoms with E-state index in [0.717, 1.165) is 5.56 Å². The molecular weight excluding hydrogens is 514 g/mol. The fourth-order valence-electron chi connectivity index (χ4n) is 3.16. The number of fused-ring (bicyclic) bond motifs is 1. The van der Waals surface area contributed by atoms with Crippen LogP contribution in [0.15, 0.2) is 51.8 Å². The second-order valence-electron chi connectivity index (χ2n) is 6.82. The van der Waals surface area contributed by atoms with E-state index < -0.39 is 7.12 Å². The van der Waals surface area contributed by atoms with Crippen molar-refractivity contribution in [2.45, 2.75) is 6.54 Å². The zero-order chi connectivity index (χ0) is 24.5. The van der Waals surface area contributed by atoms with Crippen molar-refractivity contribution in [3.8, 4) is 0 Å². The number of nitrogens with zero attached hydrogens (tertiary/aromatic N) is 2. The van der Waals surface area contributed by atoms with Gasteiger partial charge in [0.15, 0.2) is 5.82 Å². The molecular formula is C20H21BBrFN6O5. The summed E-state index contributed by atoms with van der Waals surface area (Å²) in [5.41, 5.74) is 2.74. The fourth-order valence-corrected chi connectivity index (χ4v) is 3.54. The van der Waals surface area contributed by atoms with Gasteiger partial charge in [0.25, 0.3) is 5.91 Å². The molecule has 0 spiro atoms. The van der Waals surface area contributed by atoms with Crippen LogP contribution in [0.25, 0.3) is 6.08 Å². The van der Waals surface area contributed by atoms with Crippen LogP contribution in [0.3, 0.4) is 0 Å². The highest BCUT2D eigenvalue weighted by atomic mass is 79.9. The summed E-state index contributed by atoms with van der Waals surface area (Å²) in [7, 11) is -1.19. The monoisotopic (exact) mass is 534 g/mol. The van der Waals surface area contributed by atoms with Gasteiger partial charge in [0.05, 0.1) is 17.3 Å². The van der Waals surface area contributed by atoms with Crippen molar-refractivity contribution in [1.29, 1.82) is 0 Å². The summed E-state index contributed by atoms with van der Waals surface area (Å²) in [5, 5.41) is 33.2. The van der Waals surface area contributed by atoms with E-state index in [9.17, 15) is 14.2 Å². The van der Waals surface area contributed by atoms with E-state index in [1.54, 1.807) is 36.4 Å². The lowest BCUT2D eigenvalue weighted by Crippen LogP contribution is -2.42. The molecule has 4 rings (SSSR count). The molecule has 0 atom stereocenters. The molecule has 34 heavy (non-hydrogen) atoms. The zero-order valence-corrected chi connectivity index (χ0v) is 19.3. The summed E-state index contributed by atoms with van der Waals surface area (Å²) < 4.78 is 23.6. The van der Waals surface area contributed by atoms with E-state index >= 15 is 0 Å². The average Bonchev–Trinajstić information content (AvgIpc) is 3.31. The van der Waals surface area contributed by atoms with Crippen LogP contribution in [0.5, 0.6) is 0 Å². The van der Waals surface area contributed by atoms with Gasteiger partial charge < -0.3 is 30.8 Å². The highest BCUT2D eigenvalue weighted by Gasteiger charge is 2.29. The van der Waals surface area contributed by atoms with Gasteiger partial charge in [0, 0.05) is 29.8 Å². The lowest BCUT2D eigenvalue weighted by Gasteiger charge is -2.17. The molecule has 14 heteroatoms. The summed E-state index contributed by atoms with van der Waals surface area (Å²) in [5.74, 6) is 3.25. The molecule has 11 nitrogen and oxygen atoms in total. The minimum Gasteiger partial charge on any atom is -0.538 e. The van der Waals surface area contributed by atoms with Crippen molar-refractivity contribution in [1.82, 2.24) is 15.6 Å². The first-order valence-electron chi connectivity index (χ1n) is 9.94. The largest absolute Gasteiger partial charge is 0.561 e. The Hall–Kier alpha value is -3.46. The molecule has 0 saturated carbocycles. The second kappa shape index (κ2) is 12.1. The van der Waals surface area contributed by atoms with Crippen LogP contribution in [0, 0.1) is 5.82 Å². The predicted octanol–water partition coefficient (Wildman–Crippen LogP) is 1.45. The molecule has 178 valence electrons. The van der Waals surface area contributed by atoms with E-state index in [4.69, 9.17) is 14.5 Å². The number of aromatic nitrogens is 2. The van der Waals surface area contributed by atoms with Gasteiger partial charge in [-0.25, -0.2) is 14.9 Å². The molecule has 0 bridgehead atoms.